The molecule has 0 saturated carbocycles. The zero-order valence-electron chi connectivity index (χ0n) is 8.55. The maximum absolute atomic E-state index is 9.14. The van der Waals surface area contributed by atoms with Crippen LogP contribution in [0, 0.1) is 5.92 Å². The number of rotatable bonds is 5. The number of hydrogen-bond acceptors (Lipinski definition) is 2. The van der Waals surface area contributed by atoms with Crippen LogP contribution in [0.3, 0.4) is 0 Å². The van der Waals surface area contributed by atoms with Gasteiger partial charge in [-0.05, 0) is 12.8 Å². The van der Waals surface area contributed by atoms with Gasteiger partial charge in [-0.3, -0.25) is 0 Å². The van der Waals surface area contributed by atoms with Crippen LogP contribution in [0.2, 0.25) is 0 Å². The minimum absolute atomic E-state index is 0.297. The highest BCUT2D eigenvalue weighted by Gasteiger charge is 2.15. The minimum atomic E-state index is 0.297. The molecule has 0 fully saturated rings. The van der Waals surface area contributed by atoms with Crippen molar-refractivity contribution in [3.8, 4) is 0 Å². The number of hydrogen-bond donors (Lipinski definition) is 2. The van der Waals surface area contributed by atoms with E-state index in [1.165, 1.54) is 31.3 Å². The fourth-order valence-corrected chi connectivity index (χ4v) is 1.83. The second-order valence-corrected chi connectivity index (χ2v) is 3.77. The molecule has 2 N–H and O–H groups in total. The lowest BCUT2D eigenvalue weighted by Gasteiger charge is -2.23. The van der Waals surface area contributed by atoms with Crippen LogP contribution in [0.4, 0.5) is 0 Å². The molecule has 0 aromatic rings. The first-order valence-corrected chi connectivity index (χ1v) is 5.39. The van der Waals surface area contributed by atoms with Crippen LogP contribution in [0.25, 0.3) is 0 Å². The third kappa shape index (κ3) is 3.49. The van der Waals surface area contributed by atoms with E-state index in [2.05, 4.69) is 18.3 Å². The van der Waals surface area contributed by atoms with Crippen molar-refractivity contribution in [3.63, 3.8) is 0 Å². The lowest BCUT2D eigenvalue weighted by atomic mass is 9.92. The highest BCUT2D eigenvalue weighted by molar-refractivity contribution is 5.11. The Labute approximate surface area is 81.0 Å². The van der Waals surface area contributed by atoms with Gasteiger partial charge in [0.25, 0.3) is 0 Å². The van der Waals surface area contributed by atoms with Gasteiger partial charge in [0.05, 0.1) is 6.61 Å². The smallest absolute Gasteiger partial charge is 0.0508 e. The van der Waals surface area contributed by atoms with Crippen molar-refractivity contribution in [1.29, 1.82) is 0 Å². The Morgan fingerprint density at radius 1 is 1.54 bits per heavy atom. The molecule has 2 heteroatoms. The van der Waals surface area contributed by atoms with Gasteiger partial charge in [0.1, 0.15) is 0 Å². The molecular formula is C11H21NO. The van der Waals surface area contributed by atoms with Gasteiger partial charge in [0.2, 0.25) is 0 Å². The predicted octanol–water partition coefficient (Wildman–Crippen LogP) is 1.70. The maximum atomic E-state index is 9.14. The zero-order valence-corrected chi connectivity index (χ0v) is 8.55. The summed E-state index contributed by atoms with van der Waals surface area (Å²) in [5.41, 5.74) is 1.47. The summed E-state index contributed by atoms with van der Waals surface area (Å²) in [5.74, 6) is 0.380. The molecule has 1 aliphatic rings. The summed E-state index contributed by atoms with van der Waals surface area (Å²) in [4.78, 5) is 0. The Kier molecular flexibility index (Phi) is 5.09. The van der Waals surface area contributed by atoms with E-state index in [0.717, 1.165) is 13.1 Å². The van der Waals surface area contributed by atoms with Gasteiger partial charge < -0.3 is 10.4 Å². The van der Waals surface area contributed by atoms with E-state index in [-0.39, 0.29) is 0 Å². The first-order valence-electron chi connectivity index (χ1n) is 5.39. The maximum Gasteiger partial charge on any atom is 0.0508 e. The quantitative estimate of drug-likeness (QED) is 0.502. The van der Waals surface area contributed by atoms with Crippen LogP contribution in [-0.2, 0) is 0 Å². The van der Waals surface area contributed by atoms with Crippen LogP contribution >= 0.6 is 0 Å². The summed E-state index contributed by atoms with van der Waals surface area (Å²) < 4.78 is 0. The molecule has 2 nitrogen and oxygen atoms in total. The van der Waals surface area contributed by atoms with E-state index in [0.29, 0.717) is 12.5 Å². The predicted molar refractivity (Wildman–Crippen MR) is 55.7 cm³/mol. The largest absolute Gasteiger partial charge is 0.396 e. The molecule has 0 radical (unpaired) electrons. The van der Waals surface area contributed by atoms with Crippen molar-refractivity contribution in [2.24, 2.45) is 5.92 Å². The highest BCUT2D eigenvalue weighted by atomic mass is 16.3. The van der Waals surface area contributed by atoms with Crippen LogP contribution in [-0.4, -0.2) is 24.8 Å². The molecule has 13 heavy (non-hydrogen) atoms. The summed E-state index contributed by atoms with van der Waals surface area (Å²) in [5, 5.41) is 12.4. The molecule has 1 heterocycles. The van der Waals surface area contributed by atoms with E-state index in [4.69, 9.17) is 5.11 Å². The average Bonchev–Trinajstić information content (AvgIpc) is 2.19. The minimum Gasteiger partial charge on any atom is -0.396 e. The van der Waals surface area contributed by atoms with E-state index in [1.807, 2.05) is 0 Å². The molecule has 0 bridgehead atoms. The van der Waals surface area contributed by atoms with Gasteiger partial charge in [0, 0.05) is 19.0 Å². The van der Waals surface area contributed by atoms with Crippen molar-refractivity contribution < 1.29 is 5.11 Å². The normalized spacial score (nSPS) is 22.9. The van der Waals surface area contributed by atoms with Crippen molar-refractivity contribution in [2.75, 3.05) is 19.7 Å². The summed E-state index contributed by atoms with van der Waals surface area (Å²) in [6.07, 6.45) is 7.29. The molecule has 0 saturated heterocycles. The molecule has 0 spiro atoms. The van der Waals surface area contributed by atoms with Gasteiger partial charge in [-0.25, -0.2) is 0 Å². The summed E-state index contributed by atoms with van der Waals surface area (Å²) in [6, 6.07) is 0. The van der Waals surface area contributed by atoms with E-state index >= 15 is 0 Å². The third-order valence-electron chi connectivity index (χ3n) is 2.71. The Morgan fingerprint density at radius 3 is 3.08 bits per heavy atom. The first kappa shape index (κ1) is 10.7. The number of aliphatic hydroxyl groups excluding tert-OH is 1. The summed E-state index contributed by atoms with van der Waals surface area (Å²) >= 11 is 0. The van der Waals surface area contributed by atoms with Crippen molar-refractivity contribution in [1.82, 2.24) is 5.32 Å². The number of nitrogens with one attached hydrogen (secondary N) is 1. The van der Waals surface area contributed by atoms with E-state index < -0.39 is 0 Å². The molecule has 1 rings (SSSR count). The van der Waals surface area contributed by atoms with Gasteiger partial charge in [-0.2, -0.15) is 0 Å². The molecule has 0 aromatic heterocycles. The second kappa shape index (κ2) is 6.17. The molecule has 0 aliphatic carbocycles. The second-order valence-electron chi connectivity index (χ2n) is 3.77. The van der Waals surface area contributed by atoms with Crippen LogP contribution in [0.5, 0.6) is 0 Å². The van der Waals surface area contributed by atoms with E-state index in [1.54, 1.807) is 0 Å². The van der Waals surface area contributed by atoms with Crippen LogP contribution in [0.1, 0.15) is 32.6 Å². The molecule has 1 unspecified atom stereocenters. The highest BCUT2D eigenvalue weighted by Crippen LogP contribution is 2.19. The fourth-order valence-electron chi connectivity index (χ4n) is 1.83. The Hall–Kier alpha value is -0.340. The van der Waals surface area contributed by atoms with Crippen LogP contribution < -0.4 is 5.32 Å². The topological polar surface area (TPSA) is 32.3 Å². The van der Waals surface area contributed by atoms with Crippen molar-refractivity contribution >= 4 is 0 Å². The van der Waals surface area contributed by atoms with Gasteiger partial charge in [-0.15, -0.1) is 0 Å². The molecule has 76 valence electrons. The van der Waals surface area contributed by atoms with E-state index in [9.17, 15) is 0 Å². The lowest BCUT2D eigenvalue weighted by molar-refractivity contribution is 0.237. The molecular weight excluding hydrogens is 162 g/mol. The van der Waals surface area contributed by atoms with Gasteiger partial charge >= 0.3 is 0 Å². The molecule has 1 aliphatic heterocycles. The average molecular weight is 183 g/mol. The Balaban J connectivity index is 2.31. The van der Waals surface area contributed by atoms with Crippen molar-refractivity contribution in [3.05, 3.63) is 11.6 Å². The standard InChI is InChI=1S/C11H21NO/c1-2-3-4-5-10-6-7-12-8-11(10)9-13/h6,11-13H,2-5,7-9H2,1H3. The summed E-state index contributed by atoms with van der Waals surface area (Å²) in [7, 11) is 0. The van der Waals surface area contributed by atoms with Gasteiger partial charge in [0.15, 0.2) is 0 Å². The first-order chi connectivity index (χ1) is 6.38. The molecule has 0 amide bonds. The Morgan fingerprint density at radius 2 is 2.38 bits per heavy atom. The zero-order chi connectivity index (χ0) is 9.52. The third-order valence-corrected chi connectivity index (χ3v) is 2.71. The lowest BCUT2D eigenvalue weighted by Crippen LogP contribution is -2.31. The van der Waals surface area contributed by atoms with Gasteiger partial charge in [-0.1, -0.05) is 31.4 Å². The molecule has 1 atom stereocenters. The fraction of sp³-hybridized carbons (Fsp3) is 0.818. The molecule has 0 aromatic carbocycles. The van der Waals surface area contributed by atoms with Crippen LogP contribution in [0.15, 0.2) is 11.6 Å². The summed E-state index contributed by atoms with van der Waals surface area (Å²) in [6.45, 7) is 4.46. The van der Waals surface area contributed by atoms with Crippen molar-refractivity contribution in [2.45, 2.75) is 32.6 Å². The monoisotopic (exact) mass is 183 g/mol. The number of aliphatic hydroxyl groups is 1. The number of unbranched alkanes of at least 4 members (excludes halogenated alkanes) is 2. The Bertz CT molecular complexity index is 165. The SMILES string of the molecule is CCCCCC1=CCNCC1CO.